The Balaban J connectivity index is 0.000000112. The number of hydrogen-bond donors (Lipinski definition) is 6. The number of dihydropyridines is 1. The van der Waals surface area contributed by atoms with E-state index in [1.807, 2.05) is 54.8 Å². The van der Waals surface area contributed by atoms with Crippen molar-refractivity contribution in [3.63, 3.8) is 0 Å². The molecule has 0 amide bonds. The van der Waals surface area contributed by atoms with Crippen LogP contribution in [0, 0.1) is 71.0 Å². The van der Waals surface area contributed by atoms with Crippen molar-refractivity contribution in [2.24, 2.45) is 76.0 Å². The van der Waals surface area contributed by atoms with Crippen LogP contribution >= 0.6 is 0 Å². The molecule has 8 atom stereocenters. The van der Waals surface area contributed by atoms with Crippen molar-refractivity contribution in [1.29, 1.82) is 0 Å². The molecule has 26 bridgehead atoms. The maximum Gasteiger partial charge on any atom is 0.106 e. The van der Waals surface area contributed by atoms with E-state index >= 15 is 0 Å². The van der Waals surface area contributed by atoms with Crippen LogP contribution in [0.25, 0.3) is 0 Å². The molecule has 0 aromatic heterocycles. The standard InChI is InChI=1S/C8H14.3C7H13N.C7H12.C6H12N2.C6H11NO.3C6H11N.2C6H10.C6H8.C5H9NO.C5H7N.2C5H8O.2C5H6O/c1-2-8-5-3-7(1)4-6-8;1-4-8-5-2-7(1)3-6-8;1-3-7-4-2-6(1)5-8-7;1-2-6-4-5-7(3-1)8-6;1-2-7-4-3-6(1)5-7;1-2-8-5-3-7(1)4-6-8;1-2-6-4-8-3-5(1)7-6;1-3-7-4-2-6(1)5-7;1-2-6-3-5(1)4-7-6;1-2-6-4-3-5(1)7-6;2*1-2-6-3-5(1)4-6;1-2-4-6-5-3-1;1-4-3-7-5(1)2-6-4;5*1-2-4-6-5-3-1/h7-8H,1-6H2;7H,1-6H2;2*6-8H,1-5H2;6-7H,1-5H2;1-6H2;5-7H,1-4H2;6H,1-5H2;2*5-7H,1-4H2;2*5-6H,1-4H2;1-4H,5-6H2;4-6H,1-3H2;1-2,4H,3,5H2;2,4H,1,3,5H2;1-2H,3-5H2;2-5H,1H2;1-4H,5H2. The zero-order valence-corrected chi connectivity index (χ0v) is 83.0. The fourth-order valence-electron chi connectivity index (χ4n) is 26.1. The van der Waals surface area contributed by atoms with Crippen LogP contribution in [0.5, 0.6) is 0 Å². The molecule has 17 nitrogen and oxygen atoms in total. The number of nitrogens with one attached hydrogen (secondary N) is 6. The molecule has 0 aromatic carbocycles. The topological polar surface area (TPSA) is 153 Å². The molecule has 13 saturated carbocycles. The van der Waals surface area contributed by atoms with Crippen LogP contribution in [-0.2, 0) is 28.4 Å². The minimum Gasteiger partial charge on any atom is -0.502 e. The molecule has 0 aromatic rings. The van der Waals surface area contributed by atoms with Gasteiger partial charge in [-0.05, 0) is 378 Å². The van der Waals surface area contributed by atoms with Crippen LogP contribution in [-0.4, -0.2) is 237 Å². The van der Waals surface area contributed by atoms with Gasteiger partial charge in [-0.15, -0.1) is 0 Å². The molecule has 6 N–H and O–H groups in total. The summed E-state index contributed by atoms with van der Waals surface area (Å²) in [6.45, 7) is 27.2. The molecule has 24 aliphatic heterocycles. The number of morpholine rings is 2. The lowest BCUT2D eigenvalue weighted by Crippen LogP contribution is -2.55. The summed E-state index contributed by atoms with van der Waals surface area (Å²) in [5, 5.41) is 20.9. The van der Waals surface area contributed by atoms with Crippen molar-refractivity contribution in [3.05, 3.63) is 110 Å². The lowest BCUT2D eigenvalue weighted by Gasteiger charge is -2.41. The first kappa shape index (κ1) is 103. The maximum atomic E-state index is 5.29. The fourth-order valence-corrected chi connectivity index (χ4v) is 26.1. The third-order valence-corrected chi connectivity index (χ3v) is 34.8. The van der Waals surface area contributed by atoms with E-state index in [1.54, 1.807) is 147 Å². The molecule has 32 fully saturated rings. The molecule has 131 heavy (non-hydrogen) atoms. The van der Waals surface area contributed by atoms with Gasteiger partial charge >= 0.3 is 0 Å². The van der Waals surface area contributed by atoms with Gasteiger partial charge in [-0.25, -0.2) is 0 Å². The van der Waals surface area contributed by atoms with Gasteiger partial charge in [0, 0.05) is 119 Å². The quantitative estimate of drug-likeness (QED) is 0.127. The molecular weight excluding hydrogens is 1620 g/mol. The summed E-state index contributed by atoms with van der Waals surface area (Å²) in [6.07, 6.45) is 110. The second kappa shape index (κ2) is 61.6. The number of piperazine rings is 3. The van der Waals surface area contributed by atoms with Crippen molar-refractivity contribution in [2.45, 2.75) is 382 Å². The van der Waals surface area contributed by atoms with Crippen molar-refractivity contribution >= 4 is 6.21 Å². The van der Waals surface area contributed by atoms with E-state index in [-0.39, 0.29) is 0 Å². The Morgan fingerprint density at radius 2 is 0.733 bits per heavy atom. The van der Waals surface area contributed by atoms with Crippen molar-refractivity contribution in [1.82, 2.24) is 51.5 Å². The Kier molecular flexibility index (Phi) is 48.5. The third-order valence-electron chi connectivity index (χ3n) is 34.8. The molecule has 740 valence electrons. The van der Waals surface area contributed by atoms with Crippen LogP contribution in [0.1, 0.15) is 321 Å². The fraction of sp³-hybridized carbons (Fsp3) is 0.833. The van der Waals surface area contributed by atoms with E-state index < -0.39 is 0 Å². The minimum atomic E-state index is 0.560. The molecule has 0 spiro atoms. The maximum absolute atomic E-state index is 5.29. The molecule has 24 heterocycles. The van der Waals surface area contributed by atoms with Gasteiger partial charge in [0.2, 0.25) is 0 Å². The summed E-state index contributed by atoms with van der Waals surface area (Å²) in [7, 11) is 0. The number of nitrogens with zero attached hydrogens (tertiary/aromatic N) is 5. The zero-order chi connectivity index (χ0) is 89.3. The zero-order valence-electron chi connectivity index (χ0n) is 83.0. The van der Waals surface area contributed by atoms with Crippen LogP contribution in [0.15, 0.2) is 115 Å². The summed E-state index contributed by atoms with van der Waals surface area (Å²) in [6, 6.07) is 7.56. The first-order valence-electron chi connectivity index (χ1n) is 56.3. The highest BCUT2D eigenvalue weighted by Gasteiger charge is 2.39. The van der Waals surface area contributed by atoms with Gasteiger partial charge in [-0.3, -0.25) is 14.8 Å². The predicted octanol–water partition coefficient (Wildman–Crippen LogP) is 21.5. The van der Waals surface area contributed by atoms with E-state index in [4.69, 9.17) is 28.4 Å². The molecule has 38 rings (SSSR count). The van der Waals surface area contributed by atoms with E-state index in [9.17, 15) is 0 Å². The Morgan fingerprint density at radius 3 is 0.908 bits per heavy atom. The first-order chi connectivity index (χ1) is 64.8. The number of piperidine rings is 8. The summed E-state index contributed by atoms with van der Waals surface area (Å²) in [5.74, 6) is 13.7. The number of ether oxygens (including phenoxy) is 6. The second-order valence-electron chi connectivity index (χ2n) is 44.9. The minimum absolute atomic E-state index is 0.560. The number of hydrogen-bond acceptors (Lipinski definition) is 17. The molecular formula is C114H193N11O6. The highest BCUT2D eigenvalue weighted by molar-refractivity contribution is 5.71. The summed E-state index contributed by atoms with van der Waals surface area (Å²) in [4.78, 5) is 14.2. The summed E-state index contributed by atoms with van der Waals surface area (Å²) < 4.78 is 30.0. The van der Waals surface area contributed by atoms with Crippen molar-refractivity contribution < 1.29 is 28.4 Å². The van der Waals surface area contributed by atoms with Crippen molar-refractivity contribution in [3.8, 4) is 0 Å². The average molecular weight is 1810 g/mol. The van der Waals surface area contributed by atoms with Crippen LogP contribution < -0.4 is 31.9 Å². The normalized spacial score (nSPS) is 39.3. The molecule has 0 radical (unpaired) electrons. The highest BCUT2D eigenvalue weighted by atomic mass is 16.5. The van der Waals surface area contributed by atoms with Gasteiger partial charge in [-0.2, -0.15) is 0 Å². The SMILES string of the molecule is C1=CCCC=C1.C1=CCCN=C1.C1=CCOC=C1.C1=CCOCC1.C1=COC=CC1.C1=COCCC1.C1CC2CC1C2.C1CC2CC1C2.C1CC2CC1CN2.C1CC2CCC(C1)N2.C1CC2CCC1C2.C1CC2CCC1CC2.C1CC2CCC1CN2.C1CC2CCC1N2.C1CC2COCC1N2.C1CN2CCC1C2.C1CN2CCC1CC2.C1CN2CCN1CC2.C1OC2CNC1C2. The Hall–Kier alpha value is -3.79. The molecule has 19 saturated heterocycles. The number of rotatable bonds is 0. The largest absolute Gasteiger partial charge is 0.502 e. The average Bonchev–Trinajstić information content (AvgIpc) is 1.69. The molecule has 8 unspecified atom stereocenters. The van der Waals surface area contributed by atoms with Crippen LogP contribution in [0.3, 0.4) is 0 Å². The summed E-state index contributed by atoms with van der Waals surface area (Å²) in [5.41, 5.74) is 0. The Bertz CT molecular complexity index is 2610. The van der Waals surface area contributed by atoms with E-state index in [1.165, 1.54) is 307 Å². The van der Waals surface area contributed by atoms with E-state index in [2.05, 4.69) is 92.9 Å². The molecule has 17 heteroatoms. The van der Waals surface area contributed by atoms with Crippen molar-refractivity contribution in [2.75, 3.05) is 151 Å². The van der Waals surface area contributed by atoms with E-state index in [0.717, 1.165) is 150 Å². The monoisotopic (exact) mass is 1810 g/mol. The third kappa shape index (κ3) is 40.9. The number of allylic oxidation sites excluding steroid dienone is 10. The van der Waals surface area contributed by atoms with Gasteiger partial charge < -0.3 is 70.1 Å². The molecule has 38 aliphatic rings. The van der Waals surface area contributed by atoms with Crippen LogP contribution in [0.2, 0.25) is 0 Å². The van der Waals surface area contributed by atoms with Gasteiger partial charge in [0.05, 0.1) is 70.8 Å². The second-order valence-corrected chi connectivity index (χ2v) is 44.9. The van der Waals surface area contributed by atoms with Gasteiger partial charge in [0.1, 0.15) is 6.61 Å². The lowest BCUT2D eigenvalue weighted by atomic mass is 9.71. The molecule has 14 aliphatic carbocycles. The van der Waals surface area contributed by atoms with Crippen LogP contribution in [0.4, 0.5) is 0 Å². The predicted molar refractivity (Wildman–Crippen MR) is 546 cm³/mol. The Morgan fingerprint density at radius 1 is 0.260 bits per heavy atom. The number of aliphatic imine (C=N–C) groups is 1. The lowest BCUT2D eigenvalue weighted by molar-refractivity contribution is 0.0647. The highest BCUT2D eigenvalue weighted by Crippen LogP contribution is 2.49. The van der Waals surface area contributed by atoms with Gasteiger partial charge in [-0.1, -0.05) is 145 Å². The Labute approximate surface area is 800 Å². The van der Waals surface area contributed by atoms with Gasteiger partial charge in [0.15, 0.2) is 0 Å². The summed E-state index contributed by atoms with van der Waals surface area (Å²) >= 11 is 0. The van der Waals surface area contributed by atoms with Gasteiger partial charge in [0.25, 0.3) is 0 Å². The van der Waals surface area contributed by atoms with E-state index in [0.29, 0.717) is 24.2 Å². The number of fused-ring (bicyclic) bond motifs is 28. The first-order valence-corrected chi connectivity index (χ1v) is 56.3. The smallest absolute Gasteiger partial charge is 0.106 e.